The highest BCUT2D eigenvalue weighted by molar-refractivity contribution is 7.25. The summed E-state index contributed by atoms with van der Waals surface area (Å²) in [5, 5.41) is 18.2. The van der Waals surface area contributed by atoms with Crippen LogP contribution in [0.15, 0.2) is 60.7 Å². The van der Waals surface area contributed by atoms with Gasteiger partial charge < -0.3 is 25.2 Å². The highest BCUT2D eigenvalue weighted by atomic mass is 31.1. The van der Waals surface area contributed by atoms with E-state index in [1.165, 1.54) is 0 Å². The number of hydrogen-bond donors (Lipinski definition) is 3. The summed E-state index contributed by atoms with van der Waals surface area (Å²) >= 11 is 0. The van der Waals surface area contributed by atoms with Gasteiger partial charge in [0.15, 0.2) is 0 Å². The molecule has 168 valence electrons. The van der Waals surface area contributed by atoms with E-state index in [0.29, 0.717) is 12.8 Å². The van der Waals surface area contributed by atoms with Gasteiger partial charge in [-0.3, -0.25) is 9.59 Å². The second-order valence-corrected chi connectivity index (χ2v) is 8.75. The zero-order chi connectivity index (χ0) is 22.7. The van der Waals surface area contributed by atoms with Gasteiger partial charge in [0, 0.05) is 12.8 Å². The standard InChI is InChI=1S/C23H30NO6P/c24-15-7-14-23(28,31-29)19(12-13-21(25)26)22(27)30-20(18-10-5-2-6-11-18)16-17-8-3-1-4-9-17/h1-6,8-11,19-20,28H,7,12-16,24,31H2,(H,25,26). The lowest BCUT2D eigenvalue weighted by Gasteiger charge is -2.31. The highest BCUT2D eigenvalue weighted by Crippen LogP contribution is 2.38. The molecule has 8 heteroatoms. The summed E-state index contributed by atoms with van der Waals surface area (Å²) in [6.45, 7) is 0.253. The summed E-state index contributed by atoms with van der Waals surface area (Å²) in [6, 6.07) is 18.7. The van der Waals surface area contributed by atoms with Crippen LogP contribution in [0.1, 0.15) is 42.9 Å². The molecule has 0 amide bonds. The molecule has 0 aliphatic rings. The van der Waals surface area contributed by atoms with Gasteiger partial charge >= 0.3 is 11.9 Å². The summed E-state index contributed by atoms with van der Waals surface area (Å²) in [6.07, 6.45) is -0.349. The molecule has 31 heavy (non-hydrogen) atoms. The third-order valence-electron chi connectivity index (χ3n) is 5.21. The number of rotatable bonds is 13. The largest absolute Gasteiger partial charge is 0.481 e. The van der Waals surface area contributed by atoms with Crippen molar-refractivity contribution >= 4 is 20.4 Å². The lowest BCUT2D eigenvalue weighted by Crippen LogP contribution is -2.40. The van der Waals surface area contributed by atoms with Gasteiger partial charge in [-0.05, 0) is 36.9 Å². The fraction of sp³-hybridized carbons (Fsp3) is 0.391. The molecule has 4 atom stereocenters. The van der Waals surface area contributed by atoms with E-state index in [1.54, 1.807) is 0 Å². The van der Waals surface area contributed by atoms with Crippen molar-refractivity contribution < 1.29 is 29.1 Å². The molecule has 0 fully saturated rings. The Kier molecular flexibility index (Phi) is 9.92. The molecule has 0 spiro atoms. The number of carbonyl (C=O) groups is 2. The third kappa shape index (κ3) is 7.62. The average Bonchev–Trinajstić information content (AvgIpc) is 2.78. The van der Waals surface area contributed by atoms with Crippen LogP contribution in [0.3, 0.4) is 0 Å². The number of carboxylic acids is 1. The van der Waals surface area contributed by atoms with E-state index >= 15 is 0 Å². The topological polar surface area (TPSA) is 127 Å². The smallest absolute Gasteiger partial charge is 0.312 e. The van der Waals surface area contributed by atoms with E-state index in [1.807, 2.05) is 60.7 Å². The minimum Gasteiger partial charge on any atom is -0.481 e. The number of carbonyl (C=O) groups excluding carboxylic acids is 1. The van der Waals surface area contributed by atoms with Gasteiger partial charge in [0.05, 0.1) is 14.4 Å². The normalized spacial score (nSPS) is 15.3. The molecular formula is C23H30NO6P. The Labute approximate surface area is 183 Å². The van der Waals surface area contributed by atoms with Crippen LogP contribution in [-0.4, -0.2) is 34.0 Å². The van der Waals surface area contributed by atoms with Crippen molar-refractivity contribution in [3.63, 3.8) is 0 Å². The molecule has 0 aromatic heterocycles. The first-order valence-corrected chi connectivity index (χ1v) is 11.3. The number of carboxylic acid groups (broad SMARTS) is 1. The van der Waals surface area contributed by atoms with E-state index < -0.39 is 37.8 Å². The number of ether oxygens (including phenoxy) is 1. The van der Waals surface area contributed by atoms with Gasteiger partial charge in [0.1, 0.15) is 11.4 Å². The maximum absolute atomic E-state index is 13.2. The fourth-order valence-electron chi connectivity index (χ4n) is 3.49. The second-order valence-electron chi connectivity index (χ2n) is 7.51. The van der Waals surface area contributed by atoms with Crippen molar-refractivity contribution in [3.8, 4) is 0 Å². The molecule has 0 bridgehead atoms. The quantitative estimate of drug-likeness (QED) is 0.318. The van der Waals surface area contributed by atoms with Crippen LogP contribution in [0, 0.1) is 5.92 Å². The molecule has 2 aromatic carbocycles. The lowest BCUT2D eigenvalue weighted by molar-refractivity contribution is -0.161. The molecule has 0 saturated carbocycles. The molecule has 0 aliphatic carbocycles. The molecule has 7 nitrogen and oxygen atoms in total. The van der Waals surface area contributed by atoms with Gasteiger partial charge in [-0.2, -0.15) is 0 Å². The van der Waals surface area contributed by atoms with E-state index in [0.717, 1.165) is 11.1 Å². The first kappa shape index (κ1) is 24.8. The third-order valence-corrected chi connectivity index (χ3v) is 6.31. The predicted octanol–water partition coefficient (Wildman–Crippen LogP) is 3.18. The molecule has 4 unspecified atom stereocenters. The first-order chi connectivity index (χ1) is 14.9. The number of esters is 1. The molecule has 0 radical (unpaired) electrons. The summed E-state index contributed by atoms with van der Waals surface area (Å²) in [7, 11) is -1.77. The number of benzene rings is 2. The van der Waals surface area contributed by atoms with Crippen LogP contribution in [0.25, 0.3) is 0 Å². The molecule has 4 N–H and O–H groups in total. The molecule has 0 saturated heterocycles. The van der Waals surface area contributed by atoms with E-state index in [4.69, 9.17) is 15.6 Å². The molecule has 2 aromatic rings. The minimum absolute atomic E-state index is 0.0381. The van der Waals surface area contributed by atoms with Crippen molar-refractivity contribution in [2.75, 3.05) is 6.54 Å². The van der Waals surface area contributed by atoms with E-state index in [9.17, 15) is 19.3 Å². The maximum Gasteiger partial charge on any atom is 0.312 e. The van der Waals surface area contributed by atoms with E-state index in [2.05, 4.69) is 0 Å². The lowest BCUT2D eigenvalue weighted by atomic mass is 9.92. The minimum atomic E-state index is -1.83. The Morgan fingerprint density at radius 1 is 1.06 bits per heavy atom. The summed E-state index contributed by atoms with van der Waals surface area (Å²) in [5.41, 5.74) is 7.25. The fourth-order valence-corrected chi connectivity index (χ4v) is 4.27. The summed E-state index contributed by atoms with van der Waals surface area (Å²) < 4.78 is 17.7. The van der Waals surface area contributed by atoms with Crippen molar-refractivity contribution in [3.05, 3.63) is 71.8 Å². The molecular weight excluding hydrogens is 417 g/mol. The van der Waals surface area contributed by atoms with Gasteiger partial charge in [-0.15, -0.1) is 0 Å². The average molecular weight is 447 g/mol. The Balaban J connectivity index is 2.30. The second kappa shape index (κ2) is 12.4. The van der Waals surface area contributed by atoms with Crippen LogP contribution < -0.4 is 5.73 Å². The zero-order valence-electron chi connectivity index (χ0n) is 17.4. The van der Waals surface area contributed by atoms with Crippen LogP contribution in [0.5, 0.6) is 0 Å². The van der Waals surface area contributed by atoms with E-state index in [-0.39, 0.29) is 25.8 Å². The number of aliphatic hydroxyl groups is 1. The molecule has 0 aliphatic heterocycles. The molecule has 2 rings (SSSR count). The predicted molar refractivity (Wildman–Crippen MR) is 119 cm³/mol. The van der Waals surface area contributed by atoms with Gasteiger partial charge in [0.25, 0.3) is 0 Å². The Bertz CT molecular complexity index is 848. The van der Waals surface area contributed by atoms with Crippen molar-refractivity contribution in [2.24, 2.45) is 11.7 Å². The van der Waals surface area contributed by atoms with Crippen LogP contribution >= 0.6 is 8.46 Å². The highest BCUT2D eigenvalue weighted by Gasteiger charge is 2.42. The summed E-state index contributed by atoms with van der Waals surface area (Å²) in [4.78, 5) is 24.3. The maximum atomic E-state index is 13.2. The molecule has 0 heterocycles. The Morgan fingerprint density at radius 3 is 2.23 bits per heavy atom. The summed E-state index contributed by atoms with van der Waals surface area (Å²) in [5.74, 6) is -3.08. The SMILES string of the molecule is NCCCC(O)([PH2]=O)C(CCC(=O)O)C(=O)OC(Cc1ccccc1)c1ccccc1. The van der Waals surface area contributed by atoms with Gasteiger partial charge in [-0.1, -0.05) is 60.7 Å². The zero-order valence-corrected chi connectivity index (χ0v) is 18.5. The number of nitrogens with two attached hydrogens (primary N) is 1. The Morgan fingerprint density at radius 2 is 1.68 bits per heavy atom. The first-order valence-electron chi connectivity index (χ1n) is 10.3. The van der Waals surface area contributed by atoms with Gasteiger partial charge in [0.2, 0.25) is 0 Å². The monoisotopic (exact) mass is 447 g/mol. The van der Waals surface area contributed by atoms with Gasteiger partial charge in [-0.25, -0.2) is 0 Å². The van der Waals surface area contributed by atoms with Crippen LogP contribution in [0.4, 0.5) is 0 Å². The number of hydrogen-bond acceptors (Lipinski definition) is 6. The van der Waals surface area contributed by atoms with Crippen LogP contribution in [0.2, 0.25) is 0 Å². The number of aliphatic carboxylic acids is 1. The van der Waals surface area contributed by atoms with Crippen molar-refractivity contribution in [1.82, 2.24) is 0 Å². The van der Waals surface area contributed by atoms with Crippen molar-refractivity contribution in [1.29, 1.82) is 0 Å². The Hall–Kier alpha value is -2.47. The van der Waals surface area contributed by atoms with Crippen LogP contribution in [-0.2, 0) is 25.3 Å². The van der Waals surface area contributed by atoms with Crippen molar-refractivity contribution in [2.45, 2.75) is 43.6 Å².